The molecule has 0 aliphatic heterocycles. The third-order valence-corrected chi connectivity index (χ3v) is 2.27. The van der Waals surface area contributed by atoms with Gasteiger partial charge < -0.3 is 0 Å². The summed E-state index contributed by atoms with van der Waals surface area (Å²) in [6, 6.07) is 6.53. The number of nitrogens with one attached hydrogen (secondary N) is 2. The topological polar surface area (TPSA) is 41.1 Å². The van der Waals surface area contributed by atoms with Crippen molar-refractivity contribution >= 4 is 57.5 Å². The Hall–Kier alpha value is -0.350. The molecule has 0 spiro atoms. The Labute approximate surface area is 107 Å². The Morgan fingerprint density at radius 1 is 1.13 bits per heavy atom. The van der Waals surface area contributed by atoms with E-state index in [1.165, 1.54) is 0 Å². The molecule has 0 radical (unpaired) electrons. The maximum Gasteiger partial charge on any atom is 0.332 e. The van der Waals surface area contributed by atoms with Crippen molar-refractivity contribution in [1.29, 1.82) is 0 Å². The normalized spacial score (nSPS) is 10.9. The summed E-state index contributed by atoms with van der Waals surface area (Å²) in [7, 11) is 0. The van der Waals surface area contributed by atoms with Gasteiger partial charge in [0.05, 0.1) is 5.69 Å². The first-order valence-corrected chi connectivity index (χ1v) is 5.29. The average Bonchev–Trinajstić information content (AvgIpc) is 2.14. The van der Waals surface area contributed by atoms with Gasteiger partial charge in [-0.25, -0.2) is 0 Å². The van der Waals surface area contributed by atoms with Gasteiger partial charge in [-0.3, -0.25) is 15.6 Å². The summed E-state index contributed by atoms with van der Waals surface area (Å²) in [6.07, 6.45) is 0. The van der Waals surface area contributed by atoms with Crippen molar-refractivity contribution in [3.05, 3.63) is 29.8 Å². The molecule has 1 aromatic carbocycles. The minimum Gasteiger partial charge on any atom is -0.298 e. The van der Waals surface area contributed by atoms with Gasteiger partial charge in [0.15, 0.2) is 0 Å². The molecule has 0 aromatic heterocycles. The first kappa shape index (κ1) is 12.7. The maximum atomic E-state index is 10.4. The smallest absolute Gasteiger partial charge is 0.298 e. The van der Waals surface area contributed by atoms with Crippen molar-refractivity contribution < 1.29 is 4.79 Å². The quantitative estimate of drug-likeness (QED) is 0.376. The minimum atomic E-state index is -1.45. The van der Waals surface area contributed by atoms with Gasteiger partial charge in [0, 0.05) is 5.56 Å². The standard InChI is InChI=1S/C8H6Cl4N2O/c9-7(15)14-13-6-3-1-5(2-4-6)8(10,11)12/h1-4,13H,(H,14,15). The summed E-state index contributed by atoms with van der Waals surface area (Å²) in [5.41, 5.74) is 5.92. The summed E-state index contributed by atoms with van der Waals surface area (Å²) in [4.78, 5) is 10.4. The van der Waals surface area contributed by atoms with Crippen LogP contribution in [0.4, 0.5) is 10.5 Å². The number of hydrogen-bond acceptors (Lipinski definition) is 2. The molecule has 0 unspecified atom stereocenters. The lowest BCUT2D eigenvalue weighted by molar-refractivity contribution is 0.261. The van der Waals surface area contributed by atoms with Crippen molar-refractivity contribution in [3.63, 3.8) is 0 Å². The van der Waals surface area contributed by atoms with Gasteiger partial charge in [-0.1, -0.05) is 46.9 Å². The fourth-order valence-electron chi connectivity index (χ4n) is 0.864. The summed E-state index contributed by atoms with van der Waals surface area (Å²) in [6.45, 7) is 0. The zero-order valence-corrected chi connectivity index (χ0v) is 10.3. The lowest BCUT2D eigenvalue weighted by Gasteiger charge is -2.12. The van der Waals surface area contributed by atoms with Crippen LogP contribution in [0.2, 0.25) is 0 Å². The molecule has 0 bridgehead atoms. The second-order valence-corrected chi connectivity index (χ2v) is 5.22. The van der Waals surface area contributed by atoms with Gasteiger partial charge in [0.25, 0.3) is 0 Å². The number of halogens is 4. The Kier molecular flexibility index (Phi) is 4.34. The van der Waals surface area contributed by atoms with Crippen molar-refractivity contribution in [2.45, 2.75) is 3.79 Å². The van der Waals surface area contributed by atoms with Crippen LogP contribution in [0.15, 0.2) is 24.3 Å². The van der Waals surface area contributed by atoms with E-state index in [2.05, 4.69) is 10.9 Å². The van der Waals surface area contributed by atoms with Gasteiger partial charge in [0.1, 0.15) is 0 Å². The first-order chi connectivity index (χ1) is 6.89. The monoisotopic (exact) mass is 286 g/mol. The lowest BCUT2D eigenvalue weighted by atomic mass is 10.2. The number of carbonyl (C=O) groups excluding carboxylic acids is 1. The summed E-state index contributed by atoms with van der Waals surface area (Å²) in [5, 5.41) is -0.708. The zero-order chi connectivity index (χ0) is 11.5. The molecule has 82 valence electrons. The fourth-order valence-corrected chi connectivity index (χ4v) is 1.29. The molecule has 3 nitrogen and oxygen atoms in total. The second kappa shape index (κ2) is 5.12. The highest BCUT2D eigenvalue weighted by atomic mass is 35.6. The van der Waals surface area contributed by atoms with E-state index in [0.29, 0.717) is 11.3 Å². The number of hydrogen-bond donors (Lipinski definition) is 2. The number of amides is 1. The predicted octanol–water partition coefficient (Wildman–Crippen LogP) is 3.79. The molecular formula is C8H6Cl4N2O. The van der Waals surface area contributed by atoms with E-state index >= 15 is 0 Å². The molecule has 0 aliphatic carbocycles. The average molecular weight is 288 g/mol. The van der Waals surface area contributed by atoms with Gasteiger partial charge in [-0.05, 0) is 23.7 Å². The molecule has 7 heteroatoms. The molecule has 0 heterocycles. The van der Waals surface area contributed by atoms with Crippen molar-refractivity contribution in [1.82, 2.24) is 5.43 Å². The summed E-state index contributed by atoms with van der Waals surface area (Å²) < 4.78 is -1.45. The lowest BCUT2D eigenvalue weighted by Crippen LogP contribution is -2.23. The molecule has 0 atom stereocenters. The van der Waals surface area contributed by atoms with E-state index in [0.717, 1.165) is 0 Å². The van der Waals surface area contributed by atoms with Crippen LogP contribution in [-0.2, 0) is 3.79 Å². The Morgan fingerprint density at radius 2 is 1.67 bits per heavy atom. The van der Waals surface area contributed by atoms with Crippen LogP contribution in [0.25, 0.3) is 0 Å². The SMILES string of the molecule is O=C(Cl)NNc1ccc(C(Cl)(Cl)Cl)cc1. The third-order valence-electron chi connectivity index (χ3n) is 1.52. The van der Waals surface area contributed by atoms with Crippen LogP contribution in [-0.4, -0.2) is 5.37 Å². The Balaban J connectivity index is 2.69. The Bertz CT molecular complexity index is 347. The van der Waals surface area contributed by atoms with Crippen LogP contribution >= 0.6 is 46.4 Å². The van der Waals surface area contributed by atoms with Crippen LogP contribution < -0.4 is 10.9 Å². The number of carbonyl (C=O) groups is 1. The first-order valence-electron chi connectivity index (χ1n) is 3.78. The molecule has 1 aromatic rings. The van der Waals surface area contributed by atoms with Gasteiger partial charge in [0.2, 0.25) is 3.79 Å². The molecular weight excluding hydrogens is 282 g/mol. The van der Waals surface area contributed by atoms with E-state index in [-0.39, 0.29) is 0 Å². The molecule has 0 fully saturated rings. The number of rotatable bonds is 2. The Morgan fingerprint density at radius 3 is 2.07 bits per heavy atom. The highest BCUT2D eigenvalue weighted by molar-refractivity contribution is 6.66. The third kappa shape index (κ3) is 4.34. The van der Waals surface area contributed by atoms with Crippen molar-refractivity contribution in [2.24, 2.45) is 0 Å². The van der Waals surface area contributed by atoms with E-state index in [4.69, 9.17) is 46.4 Å². The fraction of sp³-hybridized carbons (Fsp3) is 0.125. The number of hydrazine groups is 1. The van der Waals surface area contributed by atoms with Gasteiger partial charge in [-0.2, -0.15) is 0 Å². The highest BCUT2D eigenvalue weighted by Crippen LogP contribution is 2.38. The van der Waals surface area contributed by atoms with Crippen LogP contribution in [0, 0.1) is 0 Å². The molecule has 0 aliphatic rings. The molecule has 1 amide bonds. The summed E-state index contributed by atoms with van der Waals surface area (Å²) >= 11 is 22.0. The largest absolute Gasteiger partial charge is 0.332 e. The van der Waals surface area contributed by atoms with E-state index < -0.39 is 9.16 Å². The van der Waals surface area contributed by atoms with Crippen molar-refractivity contribution in [3.8, 4) is 0 Å². The van der Waals surface area contributed by atoms with Crippen LogP contribution in [0.5, 0.6) is 0 Å². The highest BCUT2D eigenvalue weighted by Gasteiger charge is 2.21. The van der Waals surface area contributed by atoms with E-state index in [1.54, 1.807) is 24.3 Å². The number of alkyl halides is 3. The molecule has 15 heavy (non-hydrogen) atoms. The maximum absolute atomic E-state index is 10.4. The van der Waals surface area contributed by atoms with Crippen molar-refractivity contribution in [2.75, 3.05) is 5.43 Å². The van der Waals surface area contributed by atoms with Crippen LogP contribution in [0.3, 0.4) is 0 Å². The van der Waals surface area contributed by atoms with E-state index in [1.807, 2.05) is 0 Å². The van der Waals surface area contributed by atoms with Gasteiger partial charge in [-0.15, -0.1) is 0 Å². The van der Waals surface area contributed by atoms with Crippen LogP contribution in [0.1, 0.15) is 5.56 Å². The minimum absolute atomic E-state index is 0.537. The molecule has 0 saturated heterocycles. The number of benzene rings is 1. The molecule has 1 rings (SSSR count). The number of anilines is 1. The van der Waals surface area contributed by atoms with E-state index in [9.17, 15) is 4.79 Å². The molecule has 2 N–H and O–H groups in total. The summed E-state index contributed by atoms with van der Waals surface area (Å²) in [5.74, 6) is 0. The second-order valence-electron chi connectivity index (χ2n) is 2.60. The zero-order valence-electron chi connectivity index (χ0n) is 7.23. The van der Waals surface area contributed by atoms with Gasteiger partial charge >= 0.3 is 5.37 Å². The molecule has 0 saturated carbocycles. The predicted molar refractivity (Wildman–Crippen MR) is 63.7 cm³/mol.